The van der Waals surface area contributed by atoms with Gasteiger partial charge < -0.3 is 5.73 Å². The third kappa shape index (κ3) is 2.89. The van der Waals surface area contributed by atoms with Crippen LogP contribution in [0.25, 0.3) is 11.4 Å². The number of hydrogen-bond acceptors (Lipinski definition) is 4. The highest BCUT2D eigenvalue weighted by molar-refractivity contribution is 9.10. The maximum absolute atomic E-state index is 5.47. The van der Waals surface area contributed by atoms with Gasteiger partial charge in [0.1, 0.15) is 0 Å². The lowest BCUT2D eigenvalue weighted by molar-refractivity contribution is 0.548. The second kappa shape index (κ2) is 5.88. The van der Waals surface area contributed by atoms with Gasteiger partial charge in [-0.1, -0.05) is 28.1 Å². The van der Waals surface area contributed by atoms with E-state index in [1.807, 2.05) is 28.9 Å². The molecule has 6 heteroatoms. The lowest BCUT2D eigenvalue weighted by atomic mass is 10.2. The average molecular weight is 296 g/mol. The van der Waals surface area contributed by atoms with Crippen molar-refractivity contribution >= 4 is 15.9 Å². The Balaban J connectivity index is 2.22. The number of halogens is 1. The SMILES string of the molecule is NCCCCn1nnnc1-c1ccccc1Br. The van der Waals surface area contributed by atoms with Gasteiger partial charge in [-0.15, -0.1) is 5.10 Å². The van der Waals surface area contributed by atoms with Crippen LogP contribution >= 0.6 is 15.9 Å². The molecule has 5 nitrogen and oxygen atoms in total. The third-order valence-electron chi connectivity index (χ3n) is 2.47. The molecule has 0 radical (unpaired) electrons. The number of aryl methyl sites for hydroxylation is 1. The van der Waals surface area contributed by atoms with E-state index in [2.05, 4.69) is 31.5 Å². The molecule has 0 aliphatic rings. The number of hydrogen-bond donors (Lipinski definition) is 1. The summed E-state index contributed by atoms with van der Waals surface area (Å²) in [5.41, 5.74) is 6.48. The van der Waals surface area contributed by atoms with E-state index in [4.69, 9.17) is 5.73 Å². The summed E-state index contributed by atoms with van der Waals surface area (Å²) in [5.74, 6) is 0.787. The van der Waals surface area contributed by atoms with E-state index in [9.17, 15) is 0 Å². The summed E-state index contributed by atoms with van der Waals surface area (Å²) in [6.45, 7) is 1.49. The minimum Gasteiger partial charge on any atom is -0.330 e. The molecule has 0 saturated carbocycles. The fourth-order valence-corrected chi connectivity index (χ4v) is 2.06. The first-order valence-corrected chi connectivity index (χ1v) is 6.33. The molecule has 1 heterocycles. The van der Waals surface area contributed by atoms with Crippen molar-refractivity contribution in [1.29, 1.82) is 0 Å². The Morgan fingerprint density at radius 1 is 1.24 bits per heavy atom. The number of tetrazole rings is 1. The van der Waals surface area contributed by atoms with Crippen LogP contribution in [0.1, 0.15) is 12.8 Å². The quantitative estimate of drug-likeness (QED) is 0.855. The monoisotopic (exact) mass is 295 g/mol. The van der Waals surface area contributed by atoms with Gasteiger partial charge in [0.2, 0.25) is 0 Å². The van der Waals surface area contributed by atoms with Crippen molar-refractivity contribution in [3.05, 3.63) is 28.7 Å². The summed E-state index contributed by atoms with van der Waals surface area (Å²) >= 11 is 3.50. The molecule has 90 valence electrons. The Kier molecular flexibility index (Phi) is 4.22. The Bertz CT molecular complexity index is 482. The van der Waals surface area contributed by atoms with Crippen LogP contribution in [0.4, 0.5) is 0 Å². The van der Waals surface area contributed by atoms with Crippen LogP contribution < -0.4 is 5.73 Å². The summed E-state index contributed by atoms with van der Waals surface area (Å²) in [5, 5.41) is 11.8. The van der Waals surface area contributed by atoms with E-state index < -0.39 is 0 Å². The molecule has 0 aliphatic heterocycles. The van der Waals surface area contributed by atoms with Crippen molar-refractivity contribution < 1.29 is 0 Å². The maximum atomic E-state index is 5.47. The zero-order valence-electron chi connectivity index (χ0n) is 9.38. The van der Waals surface area contributed by atoms with Gasteiger partial charge in [0.25, 0.3) is 0 Å². The van der Waals surface area contributed by atoms with Gasteiger partial charge in [0.05, 0.1) is 0 Å². The molecule has 1 aromatic heterocycles. The van der Waals surface area contributed by atoms with Crippen molar-refractivity contribution in [2.24, 2.45) is 5.73 Å². The summed E-state index contributed by atoms with van der Waals surface area (Å²) in [6.07, 6.45) is 1.97. The van der Waals surface area contributed by atoms with Gasteiger partial charge in [0, 0.05) is 16.6 Å². The van der Waals surface area contributed by atoms with Crippen LogP contribution in [-0.4, -0.2) is 26.8 Å². The molecule has 0 saturated heterocycles. The summed E-state index contributed by atoms with van der Waals surface area (Å²) in [6, 6.07) is 7.92. The number of nitrogens with zero attached hydrogens (tertiary/aromatic N) is 4. The zero-order valence-corrected chi connectivity index (χ0v) is 11.0. The number of aromatic nitrogens is 4. The summed E-state index contributed by atoms with van der Waals surface area (Å²) in [7, 11) is 0. The van der Waals surface area contributed by atoms with E-state index in [0.717, 1.165) is 35.2 Å². The van der Waals surface area contributed by atoms with Gasteiger partial charge in [-0.25, -0.2) is 4.68 Å². The topological polar surface area (TPSA) is 69.6 Å². The van der Waals surface area contributed by atoms with Gasteiger partial charge in [0.15, 0.2) is 5.82 Å². The highest BCUT2D eigenvalue weighted by atomic mass is 79.9. The molecule has 0 atom stereocenters. The smallest absolute Gasteiger partial charge is 0.183 e. The molecule has 0 unspecified atom stereocenters. The Morgan fingerprint density at radius 2 is 2.06 bits per heavy atom. The van der Waals surface area contributed by atoms with Crippen molar-refractivity contribution in [1.82, 2.24) is 20.2 Å². The second-order valence-corrected chi connectivity index (χ2v) is 4.56. The van der Waals surface area contributed by atoms with E-state index in [0.29, 0.717) is 6.54 Å². The minimum atomic E-state index is 0.701. The van der Waals surface area contributed by atoms with Gasteiger partial charge in [-0.3, -0.25) is 0 Å². The highest BCUT2D eigenvalue weighted by Gasteiger charge is 2.10. The van der Waals surface area contributed by atoms with E-state index in [-0.39, 0.29) is 0 Å². The number of rotatable bonds is 5. The number of nitrogens with two attached hydrogens (primary N) is 1. The number of benzene rings is 1. The molecule has 0 spiro atoms. The lowest BCUT2D eigenvalue weighted by Gasteiger charge is -2.05. The van der Waals surface area contributed by atoms with Crippen LogP contribution in [0.3, 0.4) is 0 Å². The largest absolute Gasteiger partial charge is 0.330 e. The maximum Gasteiger partial charge on any atom is 0.183 e. The molecule has 2 aromatic rings. The molecule has 0 aliphatic carbocycles. The minimum absolute atomic E-state index is 0.701. The third-order valence-corrected chi connectivity index (χ3v) is 3.16. The van der Waals surface area contributed by atoms with Crippen molar-refractivity contribution in [2.45, 2.75) is 19.4 Å². The fraction of sp³-hybridized carbons (Fsp3) is 0.364. The van der Waals surface area contributed by atoms with E-state index in [1.54, 1.807) is 0 Å². The van der Waals surface area contributed by atoms with Crippen molar-refractivity contribution in [2.75, 3.05) is 6.54 Å². The first-order chi connectivity index (χ1) is 8.33. The fourth-order valence-electron chi connectivity index (χ4n) is 1.60. The van der Waals surface area contributed by atoms with Crippen LogP contribution in [0.15, 0.2) is 28.7 Å². The first kappa shape index (κ1) is 12.2. The zero-order chi connectivity index (χ0) is 12.1. The van der Waals surface area contributed by atoms with Gasteiger partial charge in [-0.05, 0) is 41.9 Å². The standard InChI is InChI=1S/C11H14BrN5/c12-10-6-2-1-5-9(10)11-14-15-16-17(11)8-4-3-7-13/h1-2,5-6H,3-4,7-8,13H2. The Labute approximate surface area is 108 Å². The molecular weight excluding hydrogens is 282 g/mol. The Morgan fingerprint density at radius 3 is 2.82 bits per heavy atom. The van der Waals surface area contributed by atoms with Crippen molar-refractivity contribution in [3.8, 4) is 11.4 Å². The predicted molar refractivity (Wildman–Crippen MR) is 69.2 cm³/mol. The molecule has 0 bridgehead atoms. The first-order valence-electron chi connectivity index (χ1n) is 5.54. The lowest BCUT2D eigenvalue weighted by Crippen LogP contribution is -2.06. The molecule has 1 aromatic carbocycles. The molecule has 0 amide bonds. The van der Waals surface area contributed by atoms with Crippen molar-refractivity contribution in [3.63, 3.8) is 0 Å². The van der Waals surface area contributed by atoms with Crippen LogP contribution in [-0.2, 0) is 6.54 Å². The molecule has 2 rings (SSSR count). The molecule has 2 N–H and O–H groups in total. The normalized spacial score (nSPS) is 10.7. The van der Waals surface area contributed by atoms with Gasteiger partial charge in [-0.2, -0.15) is 0 Å². The van der Waals surface area contributed by atoms with Crippen LogP contribution in [0, 0.1) is 0 Å². The molecule has 0 fully saturated rings. The second-order valence-electron chi connectivity index (χ2n) is 3.70. The van der Waals surface area contributed by atoms with Crippen LogP contribution in [0.5, 0.6) is 0 Å². The summed E-state index contributed by atoms with van der Waals surface area (Å²) < 4.78 is 2.81. The van der Waals surface area contributed by atoms with E-state index >= 15 is 0 Å². The van der Waals surface area contributed by atoms with Gasteiger partial charge >= 0.3 is 0 Å². The Hall–Kier alpha value is -1.27. The van der Waals surface area contributed by atoms with E-state index in [1.165, 1.54) is 0 Å². The number of unbranched alkanes of at least 4 members (excludes halogenated alkanes) is 1. The average Bonchev–Trinajstić information content (AvgIpc) is 2.78. The summed E-state index contributed by atoms with van der Waals surface area (Å²) in [4.78, 5) is 0. The molecular formula is C11H14BrN5. The highest BCUT2D eigenvalue weighted by Crippen LogP contribution is 2.25. The predicted octanol–water partition coefficient (Wildman–Crippen LogP) is 1.84. The molecule has 17 heavy (non-hydrogen) atoms. The van der Waals surface area contributed by atoms with Crippen LogP contribution in [0.2, 0.25) is 0 Å².